The van der Waals surface area contributed by atoms with Gasteiger partial charge in [0.05, 0.1) is 5.52 Å². The van der Waals surface area contributed by atoms with Gasteiger partial charge in [-0.05, 0) is 105 Å². The van der Waals surface area contributed by atoms with Crippen molar-refractivity contribution >= 4 is 71.4 Å². The highest BCUT2D eigenvalue weighted by Crippen LogP contribution is 2.41. The summed E-state index contributed by atoms with van der Waals surface area (Å²) in [5, 5.41) is 7.49. The van der Waals surface area contributed by atoms with E-state index in [-0.39, 0.29) is 5.82 Å². The number of furan rings is 1. The van der Waals surface area contributed by atoms with E-state index in [4.69, 9.17) is 4.42 Å². The quantitative estimate of drug-likeness (QED) is 0.185. The van der Waals surface area contributed by atoms with Crippen LogP contribution in [0.3, 0.4) is 0 Å². The van der Waals surface area contributed by atoms with Crippen LogP contribution in [-0.4, -0.2) is 9.97 Å². The molecule has 0 amide bonds. The minimum Gasteiger partial charge on any atom is -0.456 e. The Balaban J connectivity index is 1.09. The summed E-state index contributed by atoms with van der Waals surface area (Å²) in [5.41, 5.74) is 8.44. The van der Waals surface area contributed by atoms with Gasteiger partial charge < -0.3 is 9.32 Å². The molecule has 8 aromatic carbocycles. The van der Waals surface area contributed by atoms with Gasteiger partial charge in [0.15, 0.2) is 0 Å². The lowest BCUT2D eigenvalue weighted by atomic mass is 9.99. The smallest absolute Gasteiger partial charge is 0.137 e. The van der Waals surface area contributed by atoms with Gasteiger partial charge in [0.1, 0.15) is 23.3 Å². The molecule has 0 aliphatic rings. The monoisotopic (exact) mass is 657 g/mol. The molecule has 10 rings (SSSR count). The molecule has 0 fully saturated rings. The van der Waals surface area contributed by atoms with E-state index in [0.29, 0.717) is 11.3 Å². The maximum absolute atomic E-state index is 16.2. The van der Waals surface area contributed by atoms with Gasteiger partial charge >= 0.3 is 0 Å². The fraction of sp³-hybridized carbons (Fsp3) is 0. The molecule has 0 saturated heterocycles. The Morgan fingerprint density at radius 1 is 0.471 bits per heavy atom. The first-order valence-corrected chi connectivity index (χ1v) is 16.9. The molecule has 0 N–H and O–H groups in total. The maximum atomic E-state index is 16.2. The van der Waals surface area contributed by atoms with Crippen molar-refractivity contribution in [2.24, 2.45) is 0 Å². The van der Waals surface area contributed by atoms with Gasteiger partial charge in [0, 0.05) is 51.0 Å². The topological polar surface area (TPSA) is 42.2 Å². The summed E-state index contributed by atoms with van der Waals surface area (Å²) in [4.78, 5) is 10.7. The number of fused-ring (bicyclic) bond motifs is 6. The fourth-order valence-corrected chi connectivity index (χ4v) is 7.23. The third kappa shape index (κ3) is 5.06. The summed E-state index contributed by atoms with van der Waals surface area (Å²) in [6, 6.07) is 53.2. The minimum atomic E-state index is -0.293. The molecule has 51 heavy (non-hydrogen) atoms. The predicted octanol–water partition coefficient (Wildman–Crippen LogP) is 12.8. The van der Waals surface area contributed by atoms with E-state index < -0.39 is 0 Å². The van der Waals surface area contributed by atoms with E-state index in [1.165, 1.54) is 10.8 Å². The molecular weight excluding hydrogens is 630 g/mol. The van der Waals surface area contributed by atoms with E-state index in [1.807, 2.05) is 60.7 Å². The Bertz CT molecular complexity index is 2950. The van der Waals surface area contributed by atoms with Crippen LogP contribution in [0.15, 0.2) is 175 Å². The molecule has 0 bridgehead atoms. The highest BCUT2D eigenvalue weighted by Gasteiger charge is 2.18. The Morgan fingerprint density at radius 2 is 1.10 bits per heavy atom. The van der Waals surface area contributed by atoms with Crippen LogP contribution in [0.25, 0.3) is 76.6 Å². The molecule has 2 aromatic heterocycles. The lowest BCUT2D eigenvalue weighted by Gasteiger charge is -2.26. The summed E-state index contributed by atoms with van der Waals surface area (Å²) >= 11 is 0. The van der Waals surface area contributed by atoms with Crippen LogP contribution in [0, 0.1) is 5.82 Å². The summed E-state index contributed by atoms with van der Waals surface area (Å²) in [5.74, 6) is -0.293. The molecule has 10 aromatic rings. The third-order valence-electron chi connectivity index (χ3n) is 9.82. The highest BCUT2D eigenvalue weighted by atomic mass is 19.1. The molecule has 0 atom stereocenters. The third-order valence-corrected chi connectivity index (χ3v) is 9.82. The Labute approximate surface area is 292 Å². The van der Waals surface area contributed by atoms with Gasteiger partial charge in [-0.25, -0.2) is 14.4 Å². The number of nitrogens with zero attached hydrogens (tertiary/aromatic N) is 3. The van der Waals surface area contributed by atoms with Crippen LogP contribution in [-0.2, 0) is 0 Å². The zero-order chi connectivity index (χ0) is 33.9. The largest absolute Gasteiger partial charge is 0.456 e. The van der Waals surface area contributed by atoms with Crippen LogP contribution in [0.4, 0.5) is 21.5 Å². The number of hydrogen-bond acceptors (Lipinski definition) is 4. The SMILES string of the molecule is Fc1cc(N(c2ccc(-c3ccc4ccccc4c3)cc2)c2ccc3c(c2)oc2cc4cncnc4cc23)ccc1-c1ccc2ccccc2c1. The zero-order valence-corrected chi connectivity index (χ0v) is 27.3. The van der Waals surface area contributed by atoms with Crippen molar-refractivity contribution < 1.29 is 8.81 Å². The normalized spacial score (nSPS) is 11.6. The Morgan fingerprint density at radius 3 is 1.86 bits per heavy atom. The van der Waals surface area contributed by atoms with Crippen molar-refractivity contribution in [2.75, 3.05) is 4.90 Å². The number of hydrogen-bond donors (Lipinski definition) is 0. The van der Waals surface area contributed by atoms with Gasteiger partial charge in [0.2, 0.25) is 0 Å². The van der Waals surface area contributed by atoms with E-state index in [1.54, 1.807) is 18.6 Å². The van der Waals surface area contributed by atoms with Gasteiger partial charge in [-0.2, -0.15) is 0 Å². The van der Waals surface area contributed by atoms with Crippen molar-refractivity contribution in [3.05, 3.63) is 176 Å². The lowest BCUT2D eigenvalue weighted by Crippen LogP contribution is -2.10. The van der Waals surface area contributed by atoms with Gasteiger partial charge in [-0.3, -0.25) is 0 Å². The average Bonchev–Trinajstić information content (AvgIpc) is 3.53. The minimum absolute atomic E-state index is 0.293. The Hall–Kier alpha value is -6.85. The first-order valence-electron chi connectivity index (χ1n) is 16.9. The summed E-state index contributed by atoms with van der Waals surface area (Å²) in [6.45, 7) is 0. The van der Waals surface area contributed by atoms with Gasteiger partial charge in [0.25, 0.3) is 0 Å². The van der Waals surface area contributed by atoms with Crippen LogP contribution in [0.2, 0.25) is 0 Å². The molecule has 0 spiro atoms. The van der Waals surface area contributed by atoms with Crippen LogP contribution in [0.5, 0.6) is 0 Å². The maximum Gasteiger partial charge on any atom is 0.137 e. The number of anilines is 3. The van der Waals surface area contributed by atoms with Crippen LogP contribution < -0.4 is 4.90 Å². The summed E-state index contributed by atoms with van der Waals surface area (Å²) < 4.78 is 22.6. The van der Waals surface area contributed by atoms with Crippen molar-refractivity contribution in [3.63, 3.8) is 0 Å². The van der Waals surface area contributed by atoms with Crippen LogP contribution in [0.1, 0.15) is 0 Å². The van der Waals surface area contributed by atoms with Gasteiger partial charge in [-0.1, -0.05) is 84.9 Å². The van der Waals surface area contributed by atoms with Crippen LogP contribution >= 0.6 is 0 Å². The van der Waals surface area contributed by atoms with Gasteiger partial charge in [-0.15, -0.1) is 0 Å². The molecule has 0 aliphatic heterocycles. The zero-order valence-electron chi connectivity index (χ0n) is 27.3. The van der Waals surface area contributed by atoms with Crippen molar-refractivity contribution in [3.8, 4) is 22.3 Å². The lowest BCUT2D eigenvalue weighted by molar-refractivity contribution is 0.631. The second-order valence-corrected chi connectivity index (χ2v) is 12.9. The van der Waals surface area contributed by atoms with E-state index >= 15 is 4.39 Å². The Kier molecular flexibility index (Phi) is 6.64. The fourth-order valence-electron chi connectivity index (χ4n) is 7.23. The predicted molar refractivity (Wildman–Crippen MR) is 207 cm³/mol. The molecular formula is C46H28FN3O. The van der Waals surface area contributed by atoms with Crippen molar-refractivity contribution in [1.82, 2.24) is 9.97 Å². The summed E-state index contributed by atoms with van der Waals surface area (Å²) in [7, 11) is 0. The summed E-state index contributed by atoms with van der Waals surface area (Å²) in [6.07, 6.45) is 3.35. The molecule has 5 heteroatoms. The standard InChI is InChI=1S/C46H28FN3O/c47-43-24-38(17-19-40(43)35-12-10-30-6-2-4-8-33(30)22-35)50(37-15-13-31(14-16-37)34-11-9-29-5-1-3-7-32(29)21-34)39-18-20-41-42-26-44-36(27-48-28-49-44)23-45(42)51-46(41)25-39/h1-28H. The molecule has 0 saturated carbocycles. The number of rotatable bonds is 5. The molecule has 240 valence electrons. The number of aromatic nitrogens is 2. The molecule has 2 heterocycles. The average molecular weight is 658 g/mol. The molecule has 0 unspecified atom stereocenters. The van der Waals surface area contributed by atoms with Crippen molar-refractivity contribution in [2.45, 2.75) is 0 Å². The molecule has 0 radical (unpaired) electrons. The number of benzene rings is 8. The van der Waals surface area contributed by atoms with E-state index in [2.05, 4.69) is 106 Å². The number of halogens is 1. The van der Waals surface area contributed by atoms with E-state index in [9.17, 15) is 0 Å². The molecule has 4 nitrogen and oxygen atoms in total. The first-order chi connectivity index (χ1) is 25.1. The second-order valence-electron chi connectivity index (χ2n) is 12.9. The molecule has 0 aliphatic carbocycles. The highest BCUT2D eigenvalue weighted by molar-refractivity contribution is 6.10. The van der Waals surface area contributed by atoms with Crippen molar-refractivity contribution in [1.29, 1.82) is 0 Å². The first kappa shape index (κ1) is 29.1. The van der Waals surface area contributed by atoms with E-state index in [0.717, 1.165) is 71.7 Å². The second kappa shape index (κ2) is 11.6.